The number of hydrogen-bond donors (Lipinski definition) is 1. The predicted octanol–water partition coefficient (Wildman–Crippen LogP) is 2.96. The van der Waals surface area contributed by atoms with E-state index >= 15 is 0 Å². The van der Waals surface area contributed by atoms with E-state index in [1.165, 1.54) is 6.07 Å². The summed E-state index contributed by atoms with van der Waals surface area (Å²) in [6, 6.07) is 4.12. The fourth-order valence-electron chi connectivity index (χ4n) is 2.64. The predicted molar refractivity (Wildman–Crippen MR) is 66.0 cm³/mol. The molecule has 1 fully saturated rings. The molecule has 0 radical (unpaired) electrons. The molecule has 0 aromatic heterocycles. The Bertz CT molecular complexity index is 397. The minimum absolute atomic E-state index is 0.0655. The van der Waals surface area contributed by atoms with Gasteiger partial charge in [-0.1, -0.05) is 0 Å². The number of hydrogen-bond acceptors (Lipinski definition) is 3. The van der Waals surface area contributed by atoms with Crippen LogP contribution in [0.15, 0.2) is 18.2 Å². The van der Waals surface area contributed by atoms with Crippen molar-refractivity contribution < 1.29 is 19.0 Å². The lowest BCUT2D eigenvalue weighted by Crippen LogP contribution is -2.40. The van der Waals surface area contributed by atoms with Crippen LogP contribution in [0.2, 0.25) is 0 Å². The second-order valence-electron chi connectivity index (χ2n) is 4.76. The lowest BCUT2D eigenvalue weighted by atomic mass is 9.83. The van der Waals surface area contributed by atoms with Gasteiger partial charge >= 0.3 is 0 Å². The molecule has 0 spiro atoms. The Morgan fingerprint density at radius 2 is 2.28 bits per heavy atom. The van der Waals surface area contributed by atoms with Gasteiger partial charge in [-0.15, -0.1) is 0 Å². The first-order chi connectivity index (χ1) is 8.55. The highest BCUT2D eigenvalue weighted by molar-refractivity contribution is 5.33. The summed E-state index contributed by atoms with van der Waals surface area (Å²) in [7, 11) is 0. The average Bonchev–Trinajstić information content (AvgIpc) is 2.28. The van der Waals surface area contributed by atoms with Crippen LogP contribution in [0.3, 0.4) is 0 Å². The molecule has 1 heterocycles. The van der Waals surface area contributed by atoms with E-state index in [1.54, 1.807) is 6.07 Å². The molecule has 1 aromatic carbocycles. The van der Waals surface area contributed by atoms with Crippen LogP contribution in [-0.4, -0.2) is 24.4 Å². The maximum atomic E-state index is 13.4. The van der Waals surface area contributed by atoms with Crippen LogP contribution in [0.1, 0.15) is 32.3 Å². The largest absolute Gasteiger partial charge is 0.508 e. The normalized spacial score (nSPS) is 28.3. The zero-order valence-electron chi connectivity index (χ0n) is 10.8. The molecule has 18 heavy (non-hydrogen) atoms. The van der Waals surface area contributed by atoms with Crippen molar-refractivity contribution in [2.75, 3.05) is 13.2 Å². The van der Waals surface area contributed by atoms with Crippen molar-refractivity contribution in [2.24, 2.45) is 0 Å². The van der Waals surface area contributed by atoms with E-state index in [2.05, 4.69) is 0 Å². The van der Waals surface area contributed by atoms with Gasteiger partial charge in [0.25, 0.3) is 0 Å². The highest BCUT2D eigenvalue weighted by Gasteiger charge is 2.38. The molecule has 0 aliphatic carbocycles. The molecule has 0 unspecified atom stereocenters. The van der Waals surface area contributed by atoms with E-state index in [0.717, 1.165) is 6.07 Å². The van der Waals surface area contributed by atoms with Crippen LogP contribution in [-0.2, 0) is 15.1 Å². The zero-order chi connectivity index (χ0) is 13.2. The summed E-state index contributed by atoms with van der Waals surface area (Å²) in [5.41, 5.74) is 0.142. The Morgan fingerprint density at radius 1 is 1.50 bits per heavy atom. The van der Waals surface area contributed by atoms with Crippen LogP contribution >= 0.6 is 0 Å². The van der Waals surface area contributed by atoms with Gasteiger partial charge in [0.2, 0.25) is 0 Å². The Labute approximate surface area is 107 Å². The second kappa shape index (κ2) is 5.24. The van der Waals surface area contributed by atoms with E-state index in [9.17, 15) is 9.50 Å². The van der Waals surface area contributed by atoms with E-state index in [4.69, 9.17) is 9.47 Å². The van der Waals surface area contributed by atoms with Crippen LogP contribution in [0.5, 0.6) is 5.75 Å². The van der Waals surface area contributed by atoms with Crippen molar-refractivity contribution in [3.63, 3.8) is 0 Å². The van der Waals surface area contributed by atoms with Gasteiger partial charge in [-0.25, -0.2) is 4.39 Å². The molecule has 4 heteroatoms. The molecule has 3 nitrogen and oxygen atoms in total. The number of benzene rings is 1. The first kappa shape index (κ1) is 13.3. The fourth-order valence-corrected chi connectivity index (χ4v) is 2.64. The summed E-state index contributed by atoms with van der Waals surface area (Å²) in [5, 5.41) is 9.55. The van der Waals surface area contributed by atoms with Crippen molar-refractivity contribution in [3.05, 3.63) is 29.6 Å². The van der Waals surface area contributed by atoms with Crippen molar-refractivity contribution in [3.8, 4) is 5.75 Å². The third-order valence-corrected chi connectivity index (χ3v) is 3.35. The summed E-state index contributed by atoms with van der Waals surface area (Å²) in [5.74, 6) is -0.508. The second-order valence-corrected chi connectivity index (χ2v) is 4.76. The molecule has 0 amide bonds. The SMILES string of the molecule is CCO[C@]1(c2cc(O)cc(F)c2)CCO[C@H](C)C1. The minimum atomic E-state index is -0.550. The van der Waals surface area contributed by atoms with Gasteiger partial charge in [-0.05, 0) is 31.5 Å². The molecule has 1 saturated heterocycles. The van der Waals surface area contributed by atoms with Crippen molar-refractivity contribution in [1.82, 2.24) is 0 Å². The van der Waals surface area contributed by atoms with Gasteiger partial charge in [0, 0.05) is 25.5 Å². The third-order valence-electron chi connectivity index (χ3n) is 3.35. The molecule has 1 aromatic rings. The maximum absolute atomic E-state index is 13.4. The summed E-state index contributed by atoms with van der Waals surface area (Å²) >= 11 is 0. The fraction of sp³-hybridized carbons (Fsp3) is 0.571. The smallest absolute Gasteiger partial charge is 0.127 e. The zero-order valence-corrected chi connectivity index (χ0v) is 10.8. The first-order valence-electron chi connectivity index (χ1n) is 6.31. The van der Waals surface area contributed by atoms with E-state index in [1.807, 2.05) is 13.8 Å². The molecule has 100 valence electrons. The van der Waals surface area contributed by atoms with Gasteiger partial charge in [0.05, 0.1) is 18.3 Å². The summed E-state index contributed by atoms with van der Waals surface area (Å²) in [6.45, 7) is 5.02. The number of halogens is 1. The highest BCUT2D eigenvalue weighted by Crippen LogP contribution is 2.39. The van der Waals surface area contributed by atoms with Gasteiger partial charge < -0.3 is 14.6 Å². The molecule has 0 saturated carbocycles. The summed E-state index contributed by atoms with van der Waals surface area (Å²) < 4.78 is 24.8. The van der Waals surface area contributed by atoms with Crippen LogP contribution < -0.4 is 0 Å². The Hall–Kier alpha value is -1.13. The minimum Gasteiger partial charge on any atom is -0.508 e. The Balaban J connectivity index is 2.39. The topological polar surface area (TPSA) is 38.7 Å². The molecule has 0 bridgehead atoms. The molecular formula is C14H19FO3. The molecule has 1 N–H and O–H groups in total. The number of aromatic hydroxyl groups is 1. The Kier molecular flexibility index (Phi) is 3.88. The number of phenolic OH excluding ortho intramolecular Hbond substituents is 1. The van der Waals surface area contributed by atoms with Gasteiger partial charge in [-0.2, -0.15) is 0 Å². The first-order valence-corrected chi connectivity index (χ1v) is 6.31. The summed E-state index contributed by atoms with van der Waals surface area (Å²) in [6.07, 6.45) is 1.41. The Morgan fingerprint density at radius 3 is 2.89 bits per heavy atom. The molecular weight excluding hydrogens is 235 g/mol. The summed E-state index contributed by atoms with van der Waals surface area (Å²) in [4.78, 5) is 0. The quantitative estimate of drug-likeness (QED) is 0.901. The number of rotatable bonds is 3. The van der Waals surface area contributed by atoms with E-state index in [0.29, 0.717) is 31.6 Å². The number of ether oxygens (including phenoxy) is 2. The van der Waals surface area contributed by atoms with E-state index < -0.39 is 11.4 Å². The van der Waals surface area contributed by atoms with Crippen molar-refractivity contribution in [1.29, 1.82) is 0 Å². The highest BCUT2D eigenvalue weighted by atomic mass is 19.1. The van der Waals surface area contributed by atoms with Crippen LogP contribution in [0.25, 0.3) is 0 Å². The third kappa shape index (κ3) is 2.65. The van der Waals surface area contributed by atoms with Gasteiger partial charge in [-0.3, -0.25) is 0 Å². The van der Waals surface area contributed by atoms with Crippen LogP contribution in [0, 0.1) is 5.82 Å². The maximum Gasteiger partial charge on any atom is 0.127 e. The standard InChI is InChI=1S/C14H19FO3/c1-3-18-14(4-5-17-10(2)9-14)11-6-12(15)8-13(16)7-11/h6-8,10,16H,3-5,9H2,1-2H3/t10-,14-/m1/s1. The van der Waals surface area contributed by atoms with Crippen molar-refractivity contribution in [2.45, 2.75) is 38.4 Å². The molecule has 1 aliphatic heterocycles. The van der Waals surface area contributed by atoms with Gasteiger partial charge in [0.1, 0.15) is 11.6 Å². The molecule has 2 rings (SSSR count). The molecule has 2 atom stereocenters. The van der Waals surface area contributed by atoms with E-state index in [-0.39, 0.29) is 11.9 Å². The lowest BCUT2D eigenvalue weighted by Gasteiger charge is -2.40. The van der Waals surface area contributed by atoms with Crippen LogP contribution in [0.4, 0.5) is 4.39 Å². The van der Waals surface area contributed by atoms with Crippen molar-refractivity contribution >= 4 is 0 Å². The monoisotopic (exact) mass is 254 g/mol. The lowest BCUT2D eigenvalue weighted by molar-refractivity contribution is -0.137. The molecule has 1 aliphatic rings. The average molecular weight is 254 g/mol. The number of phenols is 1. The van der Waals surface area contributed by atoms with Gasteiger partial charge in [0.15, 0.2) is 0 Å².